The van der Waals surface area contributed by atoms with Gasteiger partial charge in [0.2, 0.25) is 0 Å². The number of rotatable bonds is 6. The maximum absolute atomic E-state index is 5.97. The van der Waals surface area contributed by atoms with Gasteiger partial charge in [-0.25, -0.2) is 0 Å². The average Bonchev–Trinajstić information content (AvgIpc) is 2.64. The smallest absolute Gasteiger partial charge is 0.0641 e. The summed E-state index contributed by atoms with van der Waals surface area (Å²) in [6.07, 6.45) is 3.24. The molecule has 1 aromatic rings. The second-order valence-electron chi connectivity index (χ2n) is 4.68. The second-order valence-corrected chi connectivity index (χ2v) is 4.68. The fourth-order valence-corrected chi connectivity index (χ4v) is 2.46. The van der Waals surface area contributed by atoms with Gasteiger partial charge in [0.05, 0.1) is 11.7 Å². The van der Waals surface area contributed by atoms with Crippen LogP contribution in [0.4, 0.5) is 0 Å². The molecule has 0 aliphatic heterocycles. The first-order valence-corrected chi connectivity index (χ1v) is 6.51. The van der Waals surface area contributed by atoms with Gasteiger partial charge in [0.15, 0.2) is 0 Å². The largest absolute Gasteiger partial charge is 0.329 e. The first-order chi connectivity index (χ1) is 8.04. The van der Waals surface area contributed by atoms with E-state index < -0.39 is 0 Å². The Balaban J connectivity index is 3.00. The van der Waals surface area contributed by atoms with Crippen molar-refractivity contribution in [2.45, 2.75) is 46.2 Å². The highest BCUT2D eigenvalue weighted by atomic mass is 15.3. The maximum atomic E-state index is 5.97. The fraction of sp³-hybridized carbons (Fsp3) is 0.769. The standard InChI is InChI=1S/C13H26N4/c1-6-10(3)17(7-2)13(8-14)12-9-16(5)15-11(12)4/h9-10,13H,6-8,14H2,1-5H3. The highest BCUT2D eigenvalue weighted by molar-refractivity contribution is 5.20. The number of nitrogens with two attached hydrogens (primary N) is 1. The van der Waals surface area contributed by atoms with Crippen LogP contribution in [0.3, 0.4) is 0 Å². The Labute approximate surface area is 105 Å². The number of nitrogens with zero attached hydrogens (tertiary/aromatic N) is 3. The molecule has 0 bridgehead atoms. The van der Waals surface area contributed by atoms with Gasteiger partial charge in [-0.1, -0.05) is 13.8 Å². The Morgan fingerprint density at radius 3 is 2.47 bits per heavy atom. The van der Waals surface area contributed by atoms with E-state index in [1.165, 1.54) is 5.56 Å². The van der Waals surface area contributed by atoms with Crippen LogP contribution in [0.15, 0.2) is 6.20 Å². The molecule has 0 saturated heterocycles. The molecular weight excluding hydrogens is 212 g/mol. The summed E-state index contributed by atoms with van der Waals surface area (Å²) in [5.41, 5.74) is 8.32. The van der Waals surface area contributed by atoms with Crippen LogP contribution in [0.1, 0.15) is 44.5 Å². The molecule has 0 aliphatic carbocycles. The zero-order chi connectivity index (χ0) is 13.0. The van der Waals surface area contributed by atoms with Crippen LogP contribution in [0.5, 0.6) is 0 Å². The van der Waals surface area contributed by atoms with Crippen molar-refractivity contribution in [2.24, 2.45) is 12.8 Å². The lowest BCUT2D eigenvalue weighted by Gasteiger charge is -2.34. The van der Waals surface area contributed by atoms with Crippen molar-refractivity contribution in [3.8, 4) is 0 Å². The fourth-order valence-electron chi connectivity index (χ4n) is 2.46. The molecule has 0 saturated carbocycles. The van der Waals surface area contributed by atoms with Crippen molar-refractivity contribution in [1.29, 1.82) is 0 Å². The minimum Gasteiger partial charge on any atom is -0.329 e. The summed E-state index contributed by atoms with van der Waals surface area (Å²) in [7, 11) is 1.96. The Bertz CT molecular complexity index is 345. The summed E-state index contributed by atoms with van der Waals surface area (Å²) < 4.78 is 1.87. The summed E-state index contributed by atoms with van der Waals surface area (Å²) in [6.45, 7) is 10.4. The van der Waals surface area contributed by atoms with E-state index in [1.54, 1.807) is 0 Å². The van der Waals surface area contributed by atoms with Gasteiger partial charge in [0.25, 0.3) is 0 Å². The Morgan fingerprint density at radius 2 is 2.12 bits per heavy atom. The number of hydrogen-bond acceptors (Lipinski definition) is 3. The normalized spacial score (nSPS) is 15.2. The van der Waals surface area contributed by atoms with E-state index in [-0.39, 0.29) is 6.04 Å². The third-order valence-electron chi connectivity index (χ3n) is 3.56. The minimum atomic E-state index is 0.281. The van der Waals surface area contributed by atoms with Crippen LogP contribution in [-0.2, 0) is 7.05 Å². The van der Waals surface area contributed by atoms with E-state index in [1.807, 2.05) is 11.7 Å². The van der Waals surface area contributed by atoms with E-state index in [0.717, 1.165) is 18.7 Å². The molecule has 4 heteroatoms. The summed E-state index contributed by atoms with van der Waals surface area (Å²) in [6, 6.07) is 0.830. The van der Waals surface area contributed by atoms with Crippen LogP contribution < -0.4 is 5.73 Å². The van der Waals surface area contributed by atoms with Crippen molar-refractivity contribution in [2.75, 3.05) is 13.1 Å². The first-order valence-electron chi connectivity index (χ1n) is 6.51. The molecule has 98 valence electrons. The quantitative estimate of drug-likeness (QED) is 0.822. The molecule has 2 atom stereocenters. The number of aromatic nitrogens is 2. The zero-order valence-corrected chi connectivity index (χ0v) is 11.8. The van der Waals surface area contributed by atoms with Gasteiger partial charge in [-0.15, -0.1) is 0 Å². The third kappa shape index (κ3) is 3.07. The van der Waals surface area contributed by atoms with Gasteiger partial charge in [-0.05, 0) is 26.8 Å². The highest BCUT2D eigenvalue weighted by Gasteiger charge is 2.24. The van der Waals surface area contributed by atoms with Crippen molar-refractivity contribution in [3.05, 3.63) is 17.5 Å². The average molecular weight is 238 g/mol. The predicted octanol–water partition coefficient (Wildman–Crippen LogP) is 1.85. The van der Waals surface area contributed by atoms with Crippen molar-refractivity contribution >= 4 is 0 Å². The maximum Gasteiger partial charge on any atom is 0.0641 e. The van der Waals surface area contributed by atoms with Crippen molar-refractivity contribution in [1.82, 2.24) is 14.7 Å². The lowest BCUT2D eigenvalue weighted by atomic mass is 10.0. The summed E-state index contributed by atoms with van der Waals surface area (Å²) in [4.78, 5) is 2.46. The molecule has 0 aromatic carbocycles. The van der Waals surface area contributed by atoms with Crippen LogP contribution in [0, 0.1) is 6.92 Å². The SMILES string of the molecule is CCC(C)N(CC)C(CN)c1cn(C)nc1C. The molecule has 1 rings (SSSR count). The van der Waals surface area contributed by atoms with Gasteiger partial charge in [-0.2, -0.15) is 5.10 Å². The number of hydrogen-bond donors (Lipinski definition) is 1. The summed E-state index contributed by atoms with van der Waals surface area (Å²) in [5, 5.41) is 4.42. The molecule has 0 spiro atoms. The molecule has 0 fully saturated rings. The summed E-state index contributed by atoms with van der Waals surface area (Å²) in [5.74, 6) is 0. The van der Waals surface area contributed by atoms with Gasteiger partial charge in [0, 0.05) is 31.4 Å². The Morgan fingerprint density at radius 1 is 1.47 bits per heavy atom. The van der Waals surface area contributed by atoms with E-state index in [4.69, 9.17) is 5.73 Å². The molecule has 1 heterocycles. The molecule has 2 unspecified atom stereocenters. The summed E-state index contributed by atoms with van der Waals surface area (Å²) >= 11 is 0. The van der Waals surface area contributed by atoms with Crippen LogP contribution >= 0.6 is 0 Å². The molecule has 4 nitrogen and oxygen atoms in total. The van der Waals surface area contributed by atoms with Crippen molar-refractivity contribution < 1.29 is 0 Å². The number of likely N-dealkylation sites (N-methyl/N-ethyl adjacent to an activating group) is 1. The van der Waals surface area contributed by atoms with Crippen LogP contribution in [0.25, 0.3) is 0 Å². The van der Waals surface area contributed by atoms with E-state index in [0.29, 0.717) is 12.6 Å². The van der Waals surface area contributed by atoms with Gasteiger partial charge < -0.3 is 5.73 Å². The first kappa shape index (κ1) is 14.2. The lowest BCUT2D eigenvalue weighted by Crippen LogP contribution is -2.39. The highest BCUT2D eigenvalue weighted by Crippen LogP contribution is 2.24. The second kappa shape index (κ2) is 6.17. The van der Waals surface area contributed by atoms with E-state index >= 15 is 0 Å². The van der Waals surface area contributed by atoms with Crippen LogP contribution in [-0.4, -0.2) is 33.8 Å². The van der Waals surface area contributed by atoms with Gasteiger partial charge >= 0.3 is 0 Å². The van der Waals surface area contributed by atoms with E-state index in [9.17, 15) is 0 Å². The predicted molar refractivity (Wildman–Crippen MR) is 71.9 cm³/mol. The van der Waals surface area contributed by atoms with Gasteiger partial charge in [-0.3, -0.25) is 9.58 Å². The molecule has 2 N–H and O–H groups in total. The van der Waals surface area contributed by atoms with Crippen LogP contribution in [0.2, 0.25) is 0 Å². The minimum absolute atomic E-state index is 0.281. The molecule has 0 aliphatic rings. The van der Waals surface area contributed by atoms with E-state index in [2.05, 4.69) is 43.9 Å². The topological polar surface area (TPSA) is 47.1 Å². The molecule has 1 aromatic heterocycles. The molecule has 0 radical (unpaired) electrons. The molecular formula is C13H26N4. The molecule has 0 amide bonds. The third-order valence-corrected chi connectivity index (χ3v) is 3.56. The van der Waals surface area contributed by atoms with Gasteiger partial charge in [0.1, 0.15) is 0 Å². The monoisotopic (exact) mass is 238 g/mol. The Hall–Kier alpha value is -0.870. The number of aryl methyl sites for hydroxylation is 2. The Kier molecular flexibility index (Phi) is 5.15. The zero-order valence-electron chi connectivity index (χ0n) is 11.8. The lowest BCUT2D eigenvalue weighted by molar-refractivity contribution is 0.151. The molecule has 17 heavy (non-hydrogen) atoms. The van der Waals surface area contributed by atoms with Crippen molar-refractivity contribution in [3.63, 3.8) is 0 Å².